The van der Waals surface area contributed by atoms with Gasteiger partial charge in [0.1, 0.15) is 78.8 Å². The number of ether oxygens (including phenoxy) is 6. The van der Waals surface area contributed by atoms with Gasteiger partial charge in [0, 0.05) is 31.6 Å². The third kappa shape index (κ3) is 14.8. The fourth-order valence-electron chi connectivity index (χ4n) is 15.0. The Morgan fingerprint density at radius 3 is 2.08 bits per heavy atom. The van der Waals surface area contributed by atoms with Gasteiger partial charge in [-0.25, -0.2) is 9.59 Å². The van der Waals surface area contributed by atoms with E-state index in [1.54, 1.807) is 20.8 Å². The molecule has 24 atom stereocenters. The third-order valence-electron chi connectivity index (χ3n) is 19.5. The molecule has 79 heavy (non-hydrogen) atoms. The van der Waals surface area contributed by atoms with Crippen LogP contribution in [-0.2, 0) is 33.2 Å². The van der Waals surface area contributed by atoms with E-state index in [-0.39, 0.29) is 30.9 Å². The Bertz CT molecular complexity index is 2050. The number of aliphatic hydroxyl groups excluding tert-OH is 7. The highest BCUT2D eigenvalue weighted by molar-refractivity contribution is 5.85. The first-order valence-electron chi connectivity index (χ1n) is 29.7. The lowest BCUT2D eigenvalue weighted by Gasteiger charge is -2.58. The van der Waals surface area contributed by atoms with E-state index in [0.29, 0.717) is 30.1 Å². The molecular formula is C57H100N6O16. The van der Waals surface area contributed by atoms with Crippen molar-refractivity contribution in [2.45, 2.75) is 261 Å². The van der Waals surface area contributed by atoms with E-state index in [0.717, 1.165) is 49.4 Å². The maximum atomic E-state index is 13.8. The molecular weight excluding hydrogens is 1020 g/mol. The molecule has 4 saturated carbocycles. The number of carbonyl (C=O) groups excluding carboxylic acids is 3. The number of fused-ring (bicyclic) bond motifs is 5. The van der Waals surface area contributed by atoms with Crippen LogP contribution in [0.25, 0.3) is 0 Å². The molecule has 0 radical (unpaired) electrons. The quantitative estimate of drug-likeness (QED) is 0.0613. The van der Waals surface area contributed by atoms with E-state index in [1.807, 2.05) is 0 Å². The monoisotopic (exact) mass is 1120 g/mol. The van der Waals surface area contributed by atoms with Gasteiger partial charge in [0.15, 0.2) is 12.6 Å². The number of allylic oxidation sites excluding steroid dienone is 1. The highest BCUT2D eigenvalue weighted by Gasteiger charge is 2.60. The van der Waals surface area contributed by atoms with Gasteiger partial charge >= 0.3 is 12.2 Å². The minimum absolute atomic E-state index is 0.0226. The lowest BCUT2D eigenvalue weighted by molar-refractivity contribution is -0.332. The number of nitrogens with one attached hydrogen (secondary N) is 3. The number of carbonyl (C=O) groups is 3. The normalized spacial score (nSPS) is 42.1. The average Bonchev–Trinajstić information content (AvgIpc) is 4.03. The molecule has 3 amide bonds. The minimum Gasteiger partial charge on any atom is -0.446 e. The molecule has 0 unspecified atom stereocenters. The fraction of sp³-hybridized carbons (Fsp3) is 0.912. The van der Waals surface area contributed by atoms with Gasteiger partial charge < -0.3 is 97.3 Å². The fourth-order valence-corrected chi connectivity index (χ4v) is 15.0. The van der Waals surface area contributed by atoms with Crippen LogP contribution in [0.3, 0.4) is 0 Å². The number of rotatable bonds is 20. The number of hydrogen-bond donors (Lipinski definition) is 13. The molecule has 7 aliphatic rings. The predicted molar refractivity (Wildman–Crippen MR) is 290 cm³/mol. The van der Waals surface area contributed by atoms with E-state index in [2.05, 4.69) is 56.6 Å². The topological polar surface area (TPSA) is 362 Å². The zero-order valence-electron chi connectivity index (χ0n) is 48.1. The number of alkyl carbamates (subject to hydrolysis) is 2. The molecule has 6 fully saturated rings. The Hall–Kier alpha value is -2.81. The van der Waals surface area contributed by atoms with Crippen LogP contribution in [0.5, 0.6) is 0 Å². The van der Waals surface area contributed by atoms with Gasteiger partial charge in [0.05, 0.1) is 12.6 Å². The molecule has 5 aliphatic carbocycles. The van der Waals surface area contributed by atoms with E-state index in [4.69, 9.17) is 45.6 Å². The molecule has 454 valence electrons. The van der Waals surface area contributed by atoms with Crippen molar-refractivity contribution in [1.29, 1.82) is 0 Å². The number of aliphatic hydroxyl groups is 7. The van der Waals surface area contributed by atoms with Gasteiger partial charge in [-0.1, -0.05) is 65.5 Å². The van der Waals surface area contributed by atoms with Crippen LogP contribution in [-0.4, -0.2) is 183 Å². The van der Waals surface area contributed by atoms with E-state index in [1.165, 1.54) is 50.5 Å². The summed E-state index contributed by atoms with van der Waals surface area (Å²) in [6.45, 7) is 16.5. The number of nitrogens with two attached hydrogens (primary N) is 3. The summed E-state index contributed by atoms with van der Waals surface area (Å²) in [5.41, 5.74) is 19.7. The molecule has 22 heteroatoms. The van der Waals surface area contributed by atoms with Gasteiger partial charge in [0.25, 0.3) is 0 Å². The van der Waals surface area contributed by atoms with E-state index >= 15 is 0 Å². The standard InChI is InChI=1S/C57H100N6O16/c1-28(2)12-11-13-29(3)33-17-18-34-32-16-15-30-24-31(19-21-56(30,7)35(32)20-22-57(33,34)8)74-53(72)61-23-10-9-14-38(63-54(73)79-55(4,5)6)50(71)62-26-39-43(66)45(68)46(69)52(75-39)78-49-37(59)25-36(58)48(47(49)70)77-51-44(67)41(60)42(65)40(27-64)76-51/h15,28-29,31-49,51-52,64-70H,9-14,16-27,58-60H2,1-8H3,(H,61,72)(H,62,71)(H,63,73)/t29-,31+,32+,33-,34+,35+,36-,37+,38+,39-,40-,41+,42-,43-,44-,45+,46-,47-,48+,49+,51+,52+,56+,57-/m1/s1. The highest BCUT2D eigenvalue weighted by Crippen LogP contribution is 2.67. The van der Waals surface area contributed by atoms with Crippen molar-refractivity contribution in [1.82, 2.24) is 16.0 Å². The summed E-state index contributed by atoms with van der Waals surface area (Å²) in [5.74, 6) is 3.81. The first kappa shape index (κ1) is 63.8. The van der Waals surface area contributed by atoms with Crippen LogP contribution in [0.1, 0.15) is 152 Å². The lowest BCUT2D eigenvalue weighted by Crippen LogP contribution is -2.68. The largest absolute Gasteiger partial charge is 0.446 e. The van der Waals surface area contributed by atoms with Crippen molar-refractivity contribution in [3.63, 3.8) is 0 Å². The van der Waals surface area contributed by atoms with Gasteiger partial charge in [0.2, 0.25) is 5.91 Å². The van der Waals surface area contributed by atoms with Gasteiger partial charge in [-0.15, -0.1) is 0 Å². The summed E-state index contributed by atoms with van der Waals surface area (Å²) in [4.78, 5) is 40.0. The Kier molecular flexibility index (Phi) is 21.7. The van der Waals surface area contributed by atoms with E-state index < -0.39 is 135 Å². The van der Waals surface area contributed by atoms with Gasteiger partial charge in [-0.3, -0.25) is 4.79 Å². The van der Waals surface area contributed by atoms with Gasteiger partial charge in [-0.05, 0) is 138 Å². The Labute approximate surface area is 467 Å². The van der Waals surface area contributed by atoms with Crippen molar-refractivity contribution in [3.8, 4) is 0 Å². The second-order valence-electron chi connectivity index (χ2n) is 26.5. The van der Waals surface area contributed by atoms with Gasteiger partial charge in [-0.2, -0.15) is 0 Å². The van der Waals surface area contributed by atoms with Crippen molar-refractivity contribution >= 4 is 18.1 Å². The van der Waals surface area contributed by atoms with Crippen molar-refractivity contribution in [2.75, 3.05) is 19.7 Å². The summed E-state index contributed by atoms with van der Waals surface area (Å²) >= 11 is 0. The molecule has 2 heterocycles. The molecule has 22 nitrogen and oxygen atoms in total. The minimum atomic E-state index is -1.87. The van der Waals surface area contributed by atoms with Crippen LogP contribution in [0, 0.1) is 46.3 Å². The summed E-state index contributed by atoms with van der Waals surface area (Å²) < 4.78 is 34.7. The molecule has 0 aromatic heterocycles. The van der Waals surface area contributed by atoms with Crippen LogP contribution in [0.4, 0.5) is 9.59 Å². The molecule has 0 spiro atoms. The first-order valence-corrected chi connectivity index (χ1v) is 29.7. The lowest BCUT2D eigenvalue weighted by atomic mass is 9.47. The van der Waals surface area contributed by atoms with Crippen molar-refractivity contribution in [3.05, 3.63) is 11.6 Å². The Morgan fingerprint density at radius 1 is 0.747 bits per heavy atom. The summed E-state index contributed by atoms with van der Waals surface area (Å²) in [6.07, 6.45) is -3.89. The average molecular weight is 1130 g/mol. The summed E-state index contributed by atoms with van der Waals surface area (Å²) in [7, 11) is 0. The van der Waals surface area contributed by atoms with Crippen LogP contribution in [0.15, 0.2) is 11.6 Å². The maximum absolute atomic E-state index is 13.8. The number of amides is 3. The molecule has 0 bridgehead atoms. The Balaban J connectivity index is 0.881. The van der Waals surface area contributed by atoms with Crippen molar-refractivity contribution in [2.24, 2.45) is 63.5 Å². The zero-order valence-corrected chi connectivity index (χ0v) is 48.1. The molecule has 0 aromatic carbocycles. The summed E-state index contributed by atoms with van der Waals surface area (Å²) in [6, 6.07) is -4.35. The highest BCUT2D eigenvalue weighted by atomic mass is 16.7. The van der Waals surface area contributed by atoms with Crippen molar-refractivity contribution < 1.29 is 78.6 Å². The van der Waals surface area contributed by atoms with Crippen LogP contribution >= 0.6 is 0 Å². The van der Waals surface area contributed by atoms with Crippen LogP contribution < -0.4 is 33.2 Å². The summed E-state index contributed by atoms with van der Waals surface area (Å²) in [5, 5.41) is 83.2. The third-order valence-corrected chi connectivity index (χ3v) is 19.5. The number of unbranched alkanes of at least 4 members (excludes halogenated alkanes) is 1. The first-order chi connectivity index (χ1) is 37.2. The zero-order chi connectivity index (χ0) is 57.9. The van der Waals surface area contributed by atoms with Crippen LogP contribution in [0.2, 0.25) is 0 Å². The SMILES string of the molecule is CC(C)CCC[C@@H](C)[C@H]1CC[C@H]2[C@@H]3CC=C4C[C@@H](OC(=O)NCCCC[C@H](NC(=O)OC(C)(C)C)C(=O)NC[C@H]5O[C@@H](O[C@@H]6[C@H](O)[C@@H](O[C@@H]7O[C@H](CO)[C@@H](O)[C@H](N)[C@H]7O)[C@H](N)C[C@@H]6N)[C@H](O)[C@@H](O)[C@@H]5O)CC[C@]4(C)[C@H]3CC[C@]12C. The second-order valence-corrected chi connectivity index (χ2v) is 26.5. The van der Waals surface area contributed by atoms with E-state index in [9.17, 15) is 50.1 Å². The smallest absolute Gasteiger partial charge is 0.408 e. The molecule has 2 aliphatic heterocycles. The predicted octanol–water partition coefficient (Wildman–Crippen LogP) is 2.07. The molecule has 0 aromatic rings. The number of hydrogen-bond acceptors (Lipinski definition) is 19. The second kappa shape index (κ2) is 26.8. The molecule has 7 rings (SSSR count). The molecule has 16 N–H and O–H groups in total. The maximum Gasteiger partial charge on any atom is 0.408 e. The molecule has 2 saturated heterocycles. The Morgan fingerprint density at radius 2 is 1.42 bits per heavy atom.